The Morgan fingerprint density at radius 2 is 1.73 bits per heavy atom. The molecule has 0 aromatic heterocycles. The van der Waals surface area contributed by atoms with Crippen molar-refractivity contribution in [2.45, 2.75) is 19.5 Å². The van der Waals surface area contributed by atoms with Gasteiger partial charge < -0.3 is 5.32 Å². The highest BCUT2D eigenvalue weighted by Gasteiger charge is 2.12. The molecular formula is C18H21FN2O. The quantitative estimate of drug-likeness (QED) is 0.918. The van der Waals surface area contributed by atoms with Crippen molar-refractivity contribution >= 4 is 5.91 Å². The lowest BCUT2D eigenvalue weighted by Crippen LogP contribution is -2.22. The van der Waals surface area contributed by atoms with Gasteiger partial charge in [-0.15, -0.1) is 0 Å². The first-order valence-electron chi connectivity index (χ1n) is 7.28. The molecule has 0 spiro atoms. The SMILES string of the molecule is CNC(=O)c1ccc(CN(C)C(C)c2ccc(F)cc2)cc1. The summed E-state index contributed by atoms with van der Waals surface area (Å²) in [6, 6.07) is 14.3. The Bertz CT molecular complexity index is 623. The molecule has 1 amide bonds. The largest absolute Gasteiger partial charge is 0.355 e. The van der Waals surface area contributed by atoms with E-state index in [1.54, 1.807) is 7.05 Å². The van der Waals surface area contributed by atoms with Crippen molar-refractivity contribution in [3.63, 3.8) is 0 Å². The highest BCUT2D eigenvalue weighted by molar-refractivity contribution is 5.93. The average molecular weight is 300 g/mol. The minimum atomic E-state index is -0.219. The summed E-state index contributed by atoms with van der Waals surface area (Å²) in [6.07, 6.45) is 0. The van der Waals surface area contributed by atoms with Crippen molar-refractivity contribution in [2.75, 3.05) is 14.1 Å². The molecule has 3 nitrogen and oxygen atoms in total. The highest BCUT2D eigenvalue weighted by Crippen LogP contribution is 2.21. The van der Waals surface area contributed by atoms with E-state index in [1.807, 2.05) is 43.4 Å². The minimum Gasteiger partial charge on any atom is -0.355 e. The lowest BCUT2D eigenvalue weighted by Gasteiger charge is -2.25. The lowest BCUT2D eigenvalue weighted by atomic mass is 10.1. The van der Waals surface area contributed by atoms with Gasteiger partial charge in [0.1, 0.15) is 5.82 Å². The van der Waals surface area contributed by atoms with E-state index in [-0.39, 0.29) is 17.8 Å². The molecule has 0 aliphatic rings. The predicted octanol–water partition coefficient (Wildman–Crippen LogP) is 3.38. The van der Waals surface area contributed by atoms with Gasteiger partial charge in [0.05, 0.1) is 0 Å². The van der Waals surface area contributed by atoms with Crippen LogP contribution in [0, 0.1) is 5.82 Å². The van der Waals surface area contributed by atoms with E-state index in [2.05, 4.69) is 17.1 Å². The second-order valence-corrected chi connectivity index (χ2v) is 5.42. The van der Waals surface area contributed by atoms with E-state index in [0.29, 0.717) is 5.56 Å². The number of carbonyl (C=O) groups excluding carboxylic acids is 1. The predicted molar refractivity (Wildman–Crippen MR) is 86.1 cm³/mol. The molecular weight excluding hydrogens is 279 g/mol. The molecule has 2 rings (SSSR count). The van der Waals surface area contributed by atoms with Gasteiger partial charge in [-0.05, 0) is 49.4 Å². The molecule has 22 heavy (non-hydrogen) atoms. The maximum atomic E-state index is 13.0. The maximum absolute atomic E-state index is 13.0. The Morgan fingerprint density at radius 3 is 2.27 bits per heavy atom. The Hall–Kier alpha value is -2.20. The first kappa shape index (κ1) is 16.2. The topological polar surface area (TPSA) is 32.3 Å². The molecule has 0 fully saturated rings. The number of benzene rings is 2. The number of halogens is 1. The van der Waals surface area contributed by atoms with Gasteiger partial charge in [0.25, 0.3) is 5.91 Å². The van der Waals surface area contributed by atoms with Crippen molar-refractivity contribution in [1.82, 2.24) is 10.2 Å². The third-order valence-electron chi connectivity index (χ3n) is 3.89. The maximum Gasteiger partial charge on any atom is 0.251 e. The van der Waals surface area contributed by atoms with Crippen molar-refractivity contribution < 1.29 is 9.18 Å². The molecule has 2 aromatic rings. The van der Waals surface area contributed by atoms with Crippen LogP contribution >= 0.6 is 0 Å². The van der Waals surface area contributed by atoms with Gasteiger partial charge in [-0.3, -0.25) is 9.69 Å². The van der Waals surface area contributed by atoms with E-state index in [9.17, 15) is 9.18 Å². The van der Waals surface area contributed by atoms with Gasteiger partial charge in [0, 0.05) is 25.2 Å². The summed E-state index contributed by atoms with van der Waals surface area (Å²) in [7, 11) is 3.65. The molecule has 0 bridgehead atoms. The molecule has 1 unspecified atom stereocenters. The lowest BCUT2D eigenvalue weighted by molar-refractivity contribution is 0.0963. The molecule has 0 saturated carbocycles. The Balaban J connectivity index is 2.03. The Morgan fingerprint density at radius 1 is 1.14 bits per heavy atom. The second-order valence-electron chi connectivity index (χ2n) is 5.42. The summed E-state index contributed by atoms with van der Waals surface area (Å²) in [6.45, 7) is 2.85. The summed E-state index contributed by atoms with van der Waals surface area (Å²) in [4.78, 5) is 13.7. The van der Waals surface area contributed by atoms with E-state index in [1.165, 1.54) is 12.1 Å². The number of rotatable bonds is 5. The monoisotopic (exact) mass is 300 g/mol. The third-order valence-corrected chi connectivity index (χ3v) is 3.89. The summed E-state index contributed by atoms with van der Waals surface area (Å²) in [5, 5.41) is 2.61. The standard InChI is InChI=1S/C18H21FN2O/c1-13(15-8-10-17(19)11-9-15)21(3)12-14-4-6-16(7-5-14)18(22)20-2/h4-11,13H,12H2,1-3H3,(H,20,22). The van der Waals surface area contributed by atoms with Gasteiger partial charge in [0.2, 0.25) is 0 Å². The Labute approximate surface area is 130 Å². The molecule has 0 aliphatic heterocycles. The summed E-state index contributed by atoms with van der Waals surface area (Å²) >= 11 is 0. The fourth-order valence-electron chi connectivity index (χ4n) is 2.33. The molecule has 1 atom stereocenters. The number of hydrogen-bond donors (Lipinski definition) is 1. The van der Waals surface area contributed by atoms with Gasteiger partial charge in [0.15, 0.2) is 0 Å². The number of carbonyl (C=O) groups is 1. The first-order valence-corrected chi connectivity index (χ1v) is 7.28. The molecule has 0 saturated heterocycles. The zero-order chi connectivity index (χ0) is 16.1. The van der Waals surface area contributed by atoms with Crippen LogP contribution in [0.25, 0.3) is 0 Å². The van der Waals surface area contributed by atoms with Crippen molar-refractivity contribution in [3.8, 4) is 0 Å². The summed E-state index contributed by atoms with van der Waals surface area (Å²) in [5.74, 6) is -0.303. The molecule has 0 heterocycles. The average Bonchev–Trinajstić information content (AvgIpc) is 2.54. The van der Waals surface area contributed by atoms with Crippen LogP contribution in [-0.4, -0.2) is 24.9 Å². The smallest absolute Gasteiger partial charge is 0.251 e. The van der Waals surface area contributed by atoms with Crippen LogP contribution in [0.5, 0.6) is 0 Å². The van der Waals surface area contributed by atoms with Crippen LogP contribution in [0.15, 0.2) is 48.5 Å². The molecule has 0 radical (unpaired) electrons. The van der Waals surface area contributed by atoms with E-state index < -0.39 is 0 Å². The van der Waals surface area contributed by atoms with Crippen molar-refractivity contribution in [1.29, 1.82) is 0 Å². The molecule has 1 N–H and O–H groups in total. The van der Waals surface area contributed by atoms with Crippen LogP contribution in [0.3, 0.4) is 0 Å². The second kappa shape index (κ2) is 7.18. The normalized spacial score (nSPS) is 12.2. The van der Waals surface area contributed by atoms with Crippen LogP contribution < -0.4 is 5.32 Å². The fourth-order valence-corrected chi connectivity index (χ4v) is 2.33. The van der Waals surface area contributed by atoms with Gasteiger partial charge in [-0.25, -0.2) is 4.39 Å². The van der Waals surface area contributed by atoms with Crippen molar-refractivity contribution in [3.05, 3.63) is 71.0 Å². The number of hydrogen-bond acceptors (Lipinski definition) is 2. The molecule has 116 valence electrons. The van der Waals surface area contributed by atoms with Crippen LogP contribution in [-0.2, 0) is 6.54 Å². The van der Waals surface area contributed by atoms with E-state index in [0.717, 1.165) is 17.7 Å². The van der Waals surface area contributed by atoms with Crippen LogP contribution in [0.4, 0.5) is 4.39 Å². The first-order chi connectivity index (χ1) is 10.5. The van der Waals surface area contributed by atoms with Crippen LogP contribution in [0.2, 0.25) is 0 Å². The van der Waals surface area contributed by atoms with Gasteiger partial charge in [-0.1, -0.05) is 24.3 Å². The number of nitrogens with zero attached hydrogens (tertiary/aromatic N) is 1. The third kappa shape index (κ3) is 3.92. The van der Waals surface area contributed by atoms with Crippen molar-refractivity contribution in [2.24, 2.45) is 0 Å². The zero-order valence-electron chi connectivity index (χ0n) is 13.1. The van der Waals surface area contributed by atoms with E-state index >= 15 is 0 Å². The minimum absolute atomic E-state index is 0.0837. The molecule has 2 aromatic carbocycles. The number of nitrogens with one attached hydrogen (secondary N) is 1. The molecule has 0 aliphatic carbocycles. The zero-order valence-corrected chi connectivity index (χ0v) is 13.1. The number of amides is 1. The fraction of sp³-hybridized carbons (Fsp3) is 0.278. The van der Waals surface area contributed by atoms with E-state index in [4.69, 9.17) is 0 Å². The summed E-state index contributed by atoms with van der Waals surface area (Å²) < 4.78 is 13.0. The highest BCUT2D eigenvalue weighted by atomic mass is 19.1. The summed E-state index contributed by atoms with van der Waals surface area (Å²) in [5.41, 5.74) is 2.86. The van der Waals surface area contributed by atoms with Gasteiger partial charge in [-0.2, -0.15) is 0 Å². The van der Waals surface area contributed by atoms with Gasteiger partial charge >= 0.3 is 0 Å². The molecule has 4 heteroatoms. The van der Waals surface area contributed by atoms with Crippen LogP contribution in [0.1, 0.15) is 34.5 Å². The Kier molecular flexibility index (Phi) is 5.28.